The first-order valence-electron chi connectivity index (χ1n) is 6.39. The van der Waals surface area contributed by atoms with Crippen LogP contribution in [0.2, 0.25) is 0 Å². The van der Waals surface area contributed by atoms with Gasteiger partial charge in [0.1, 0.15) is 6.04 Å². The summed E-state index contributed by atoms with van der Waals surface area (Å²) in [5.41, 5.74) is 0. The van der Waals surface area contributed by atoms with Gasteiger partial charge in [0.2, 0.25) is 5.91 Å². The van der Waals surface area contributed by atoms with Crippen LogP contribution in [0.15, 0.2) is 0 Å². The number of amides is 1. The molecule has 2 aliphatic heterocycles. The van der Waals surface area contributed by atoms with Gasteiger partial charge in [-0.05, 0) is 0 Å². The molecule has 2 saturated heterocycles. The third kappa shape index (κ3) is 3.82. The molecule has 0 aliphatic carbocycles. The predicted molar refractivity (Wildman–Crippen MR) is 74.1 cm³/mol. The molecule has 0 aromatic carbocycles. The van der Waals surface area contributed by atoms with E-state index in [-0.39, 0.29) is 30.0 Å². The van der Waals surface area contributed by atoms with Gasteiger partial charge in [-0.25, -0.2) is 8.42 Å². The van der Waals surface area contributed by atoms with Crippen molar-refractivity contribution in [2.75, 3.05) is 37.7 Å². The molecule has 0 radical (unpaired) electrons. The summed E-state index contributed by atoms with van der Waals surface area (Å²) >= 11 is 5.94. The lowest BCUT2D eigenvalue weighted by molar-refractivity contribution is -0.123. The van der Waals surface area contributed by atoms with Crippen LogP contribution in [0.25, 0.3) is 0 Å². The molecule has 2 heterocycles. The maximum Gasteiger partial charge on any atom is 0.234 e. The normalized spacial score (nSPS) is 33.5. The van der Waals surface area contributed by atoms with E-state index in [1.807, 2.05) is 0 Å². The number of sulfone groups is 1. The first kappa shape index (κ1) is 15.5. The number of piperazine rings is 1. The number of nitriles is 1. The van der Waals surface area contributed by atoms with Crippen molar-refractivity contribution < 1.29 is 13.2 Å². The second-order valence-corrected chi connectivity index (χ2v) is 7.80. The van der Waals surface area contributed by atoms with Gasteiger partial charge in [-0.1, -0.05) is 0 Å². The zero-order valence-corrected chi connectivity index (χ0v) is 12.5. The Morgan fingerprint density at radius 2 is 2.25 bits per heavy atom. The molecule has 20 heavy (non-hydrogen) atoms. The van der Waals surface area contributed by atoms with Crippen molar-refractivity contribution >= 4 is 27.3 Å². The third-order valence-corrected chi connectivity index (χ3v) is 5.86. The Balaban J connectivity index is 1.88. The Labute approximate surface area is 123 Å². The first-order chi connectivity index (χ1) is 9.41. The second kappa shape index (κ2) is 6.26. The number of alkyl halides is 1. The molecule has 2 aliphatic rings. The van der Waals surface area contributed by atoms with Gasteiger partial charge >= 0.3 is 0 Å². The van der Waals surface area contributed by atoms with Crippen LogP contribution in [0.3, 0.4) is 0 Å². The molecule has 0 aromatic rings. The Morgan fingerprint density at radius 1 is 1.50 bits per heavy atom. The number of nitrogens with zero attached hydrogens (tertiary/aromatic N) is 2. The lowest BCUT2D eigenvalue weighted by Crippen LogP contribution is -2.54. The number of carbonyl (C=O) groups is 1. The van der Waals surface area contributed by atoms with E-state index >= 15 is 0 Å². The van der Waals surface area contributed by atoms with Crippen LogP contribution in [0.4, 0.5) is 0 Å². The molecule has 2 rings (SSSR count). The van der Waals surface area contributed by atoms with Crippen LogP contribution in [-0.4, -0.2) is 74.4 Å². The number of hydrogen-bond acceptors (Lipinski definition) is 6. The number of nitrogens with one attached hydrogen (secondary N) is 2. The van der Waals surface area contributed by atoms with Gasteiger partial charge in [-0.2, -0.15) is 5.26 Å². The van der Waals surface area contributed by atoms with Crippen LogP contribution < -0.4 is 10.6 Å². The minimum Gasteiger partial charge on any atom is -0.350 e. The summed E-state index contributed by atoms with van der Waals surface area (Å²) < 4.78 is 22.8. The highest BCUT2D eigenvalue weighted by molar-refractivity contribution is 7.91. The summed E-state index contributed by atoms with van der Waals surface area (Å²) in [6.45, 7) is 1.94. The molecular formula is C11H17ClN4O3S. The first-order valence-corrected chi connectivity index (χ1v) is 8.65. The van der Waals surface area contributed by atoms with Crippen molar-refractivity contribution in [3.8, 4) is 6.07 Å². The molecule has 1 amide bonds. The van der Waals surface area contributed by atoms with Crippen molar-refractivity contribution in [1.82, 2.24) is 15.5 Å². The van der Waals surface area contributed by atoms with E-state index in [1.165, 1.54) is 0 Å². The molecule has 0 spiro atoms. The average Bonchev–Trinajstić information content (AvgIpc) is 2.62. The highest BCUT2D eigenvalue weighted by atomic mass is 35.5. The fourth-order valence-corrected chi connectivity index (χ4v) is 4.99. The zero-order valence-electron chi connectivity index (χ0n) is 10.9. The van der Waals surface area contributed by atoms with Gasteiger partial charge in [0.15, 0.2) is 9.84 Å². The minimum absolute atomic E-state index is 0.0834. The summed E-state index contributed by atoms with van der Waals surface area (Å²) in [4.78, 5) is 13.7. The van der Waals surface area contributed by atoms with Crippen molar-refractivity contribution in [2.45, 2.75) is 17.5 Å². The largest absolute Gasteiger partial charge is 0.350 e. The summed E-state index contributed by atoms with van der Waals surface area (Å²) in [6, 6.07) is 1.25. The Bertz CT molecular complexity index is 518. The summed E-state index contributed by atoms with van der Waals surface area (Å²) in [5.74, 6) is -0.510. The van der Waals surface area contributed by atoms with Gasteiger partial charge in [-0.15, -0.1) is 11.6 Å². The smallest absolute Gasteiger partial charge is 0.234 e. The van der Waals surface area contributed by atoms with E-state index in [9.17, 15) is 13.2 Å². The lowest BCUT2D eigenvalue weighted by atomic mass is 10.2. The molecule has 9 heteroatoms. The maximum atomic E-state index is 11.9. The maximum absolute atomic E-state index is 11.9. The minimum atomic E-state index is -3.16. The van der Waals surface area contributed by atoms with Gasteiger partial charge in [0.25, 0.3) is 0 Å². The predicted octanol–water partition coefficient (Wildman–Crippen LogP) is -1.70. The molecular weight excluding hydrogens is 304 g/mol. The molecule has 0 aromatic heterocycles. The van der Waals surface area contributed by atoms with E-state index < -0.39 is 21.3 Å². The summed E-state index contributed by atoms with van der Waals surface area (Å²) in [7, 11) is -3.16. The number of carbonyl (C=O) groups excluding carboxylic acids is 1. The third-order valence-electron chi connectivity index (χ3n) is 3.48. The Kier molecular flexibility index (Phi) is 4.86. The number of halogens is 1. The quantitative estimate of drug-likeness (QED) is 0.601. The topological polar surface area (TPSA) is 102 Å². The molecule has 0 saturated carbocycles. The molecule has 3 unspecified atom stereocenters. The van der Waals surface area contributed by atoms with Crippen LogP contribution in [0, 0.1) is 11.3 Å². The van der Waals surface area contributed by atoms with Crippen molar-refractivity contribution in [3.63, 3.8) is 0 Å². The van der Waals surface area contributed by atoms with Gasteiger partial charge in [0, 0.05) is 19.6 Å². The number of rotatable bonds is 3. The average molecular weight is 321 g/mol. The summed E-state index contributed by atoms with van der Waals surface area (Å²) in [6.07, 6.45) is 0. The van der Waals surface area contributed by atoms with E-state index in [1.54, 1.807) is 4.90 Å². The van der Waals surface area contributed by atoms with Gasteiger partial charge in [0.05, 0.1) is 35.5 Å². The van der Waals surface area contributed by atoms with Crippen LogP contribution in [-0.2, 0) is 14.6 Å². The molecule has 7 nitrogen and oxygen atoms in total. The zero-order chi connectivity index (χ0) is 14.8. The van der Waals surface area contributed by atoms with Crippen LogP contribution >= 0.6 is 11.6 Å². The van der Waals surface area contributed by atoms with Crippen LogP contribution in [0.5, 0.6) is 0 Å². The molecule has 2 N–H and O–H groups in total. The molecule has 0 bridgehead atoms. The second-order valence-electron chi connectivity index (χ2n) is 5.09. The van der Waals surface area contributed by atoms with Crippen molar-refractivity contribution in [1.29, 1.82) is 5.26 Å². The Morgan fingerprint density at radius 3 is 2.85 bits per heavy atom. The summed E-state index contributed by atoms with van der Waals surface area (Å²) in [5, 5.41) is 14.2. The van der Waals surface area contributed by atoms with Crippen LogP contribution in [0.1, 0.15) is 0 Å². The highest BCUT2D eigenvalue weighted by Gasteiger charge is 2.37. The van der Waals surface area contributed by atoms with E-state index in [0.29, 0.717) is 13.1 Å². The van der Waals surface area contributed by atoms with E-state index in [0.717, 1.165) is 6.54 Å². The Hall–Kier alpha value is -0.880. The standard InChI is InChI=1S/C11H17ClN4O3S/c12-9-6-20(18,19)7-10(9)15-11(17)5-16-2-1-14-4-8(16)3-13/h8-10,14H,1-2,4-7H2,(H,15,17). The number of hydrogen-bond donors (Lipinski definition) is 2. The fraction of sp³-hybridized carbons (Fsp3) is 0.818. The van der Waals surface area contributed by atoms with Gasteiger partial charge < -0.3 is 10.6 Å². The fourth-order valence-electron chi connectivity index (χ4n) is 2.44. The van der Waals surface area contributed by atoms with E-state index in [4.69, 9.17) is 16.9 Å². The monoisotopic (exact) mass is 320 g/mol. The van der Waals surface area contributed by atoms with Gasteiger partial charge in [-0.3, -0.25) is 9.69 Å². The molecule has 2 fully saturated rings. The van der Waals surface area contributed by atoms with E-state index in [2.05, 4.69) is 16.7 Å². The lowest BCUT2D eigenvalue weighted by Gasteiger charge is -2.31. The molecule has 112 valence electrons. The van der Waals surface area contributed by atoms with Crippen molar-refractivity contribution in [3.05, 3.63) is 0 Å². The SMILES string of the molecule is N#CC1CNCCN1CC(=O)NC1CS(=O)(=O)CC1Cl. The van der Waals surface area contributed by atoms with Crippen molar-refractivity contribution in [2.24, 2.45) is 0 Å². The highest BCUT2D eigenvalue weighted by Crippen LogP contribution is 2.18. The molecule has 3 atom stereocenters.